The molecule has 0 saturated carbocycles. The first-order valence-electron chi connectivity index (χ1n) is 5.16. The Labute approximate surface area is 88.3 Å². The van der Waals surface area contributed by atoms with Gasteiger partial charge in [-0.2, -0.15) is 11.3 Å². The van der Waals surface area contributed by atoms with E-state index in [1.54, 1.807) is 18.3 Å². The van der Waals surface area contributed by atoms with E-state index in [4.69, 9.17) is 0 Å². The predicted molar refractivity (Wildman–Crippen MR) is 58.4 cm³/mol. The van der Waals surface area contributed by atoms with Crippen molar-refractivity contribution in [1.29, 1.82) is 0 Å². The summed E-state index contributed by atoms with van der Waals surface area (Å²) in [6.07, 6.45) is 3.26. The lowest BCUT2D eigenvalue weighted by molar-refractivity contribution is 0.108. The summed E-state index contributed by atoms with van der Waals surface area (Å²) in [5, 5.41) is 7.13. The molecule has 1 aromatic heterocycles. The number of hydrogen-bond acceptors (Lipinski definition) is 2. The highest BCUT2D eigenvalue weighted by Gasteiger charge is 2.36. The second-order valence-corrected chi connectivity index (χ2v) is 4.87. The third-order valence-electron chi connectivity index (χ3n) is 3.05. The van der Waals surface area contributed by atoms with Gasteiger partial charge in [-0.05, 0) is 43.1 Å². The molecule has 1 N–H and O–H groups in total. The van der Waals surface area contributed by atoms with E-state index < -0.39 is 5.67 Å². The highest BCUT2D eigenvalue weighted by molar-refractivity contribution is 7.08. The normalized spacial score (nSPS) is 27.1. The first-order chi connectivity index (χ1) is 6.71. The second-order valence-electron chi connectivity index (χ2n) is 4.09. The van der Waals surface area contributed by atoms with E-state index in [1.165, 1.54) is 6.42 Å². The van der Waals surface area contributed by atoms with Crippen LogP contribution in [0.3, 0.4) is 0 Å². The number of halogens is 1. The highest BCUT2D eigenvalue weighted by atomic mass is 32.1. The van der Waals surface area contributed by atoms with Gasteiger partial charge in [0, 0.05) is 11.6 Å². The molecule has 0 aliphatic carbocycles. The Hall–Kier alpha value is -0.410. The molecule has 0 spiro atoms. The Balaban J connectivity index is 2.14. The van der Waals surface area contributed by atoms with Gasteiger partial charge in [0.05, 0.1) is 0 Å². The number of alkyl halides is 1. The lowest BCUT2D eigenvalue weighted by Crippen LogP contribution is -2.46. The van der Waals surface area contributed by atoms with Crippen molar-refractivity contribution in [2.45, 2.75) is 37.9 Å². The zero-order valence-electron chi connectivity index (χ0n) is 8.42. The van der Waals surface area contributed by atoms with Crippen LogP contribution in [0.15, 0.2) is 16.8 Å². The maximum Gasteiger partial charge on any atom is 0.149 e. The van der Waals surface area contributed by atoms with E-state index >= 15 is 0 Å². The molecule has 2 rings (SSSR count). The van der Waals surface area contributed by atoms with Crippen molar-refractivity contribution < 1.29 is 4.39 Å². The number of piperidine rings is 1. The standard InChI is InChI=1S/C11H16FNS/c1-11(12,9-5-7-14-8-9)10-4-2-3-6-13-10/h5,7-8,10,13H,2-4,6H2,1H3. The molecule has 1 aliphatic rings. The Morgan fingerprint density at radius 1 is 1.57 bits per heavy atom. The number of thiophene rings is 1. The number of nitrogens with one attached hydrogen (secondary N) is 1. The summed E-state index contributed by atoms with van der Waals surface area (Å²) in [4.78, 5) is 0. The molecular weight excluding hydrogens is 197 g/mol. The van der Waals surface area contributed by atoms with Crippen LogP contribution in [-0.2, 0) is 5.67 Å². The third-order valence-corrected chi connectivity index (χ3v) is 3.73. The van der Waals surface area contributed by atoms with Crippen LogP contribution in [0.4, 0.5) is 4.39 Å². The highest BCUT2D eigenvalue weighted by Crippen LogP contribution is 2.34. The van der Waals surface area contributed by atoms with Crippen LogP contribution in [0.25, 0.3) is 0 Å². The Morgan fingerprint density at radius 2 is 2.43 bits per heavy atom. The largest absolute Gasteiger partial charge is 0.311 e. The lowest BCUT2D eigenvalue weighted by atomic mass is 9.87. The van der Waals surface area contributed by atoms with Crippen LogP contribution in [0.2, 0.25) is 0 Å². The van der Waals surface area contributed by atoms with Gasteiger partial charge >= 0.3 is 0 Å². The summed E-state index contributed by atoms with van der Waals surface area (Å²) < 4.78 is 14.5. The van der Waals surface area contributed by atoms with Crippen LogP contribution < -0.4 is 5.32 Å². The van der Waals surface area contributed by atoms with Crippen LogP contribution in [0.1, 0.15) is 31.7 Å². The molecule has 0 aromatic carbocycles. The van der Waals surface area contributed by atoms with Gasteiger partial charge in [0.1, 0.15) is 5.67 Å². The van der Waals surface area contributed by atoms with Crippen molar-refractivity contribution >= 4 is 11.3 Å². The molecule has 3 heteroatoms. The smallest absolute Gasteiger partial charge is 0.149 e. The van der Waals surface area contributed by atoms with Gasteiger partial charge in [0.15, 0.2) is 0 Å². The van der Waals surface area contributed by atoms with Gasteiger partial charge in [0.25, 0.3) is 0 Å². The van der Waals surface area contributed by atoms with Crippen molar-refractivity contribution in [3.05, 3.63) is 22.4 Å². The van der Waals surface area contributed by atoms with E-state index in [9.17, 15) is 4.39 Å². The van der Waals surface area contributed by atoms with Crippen LogP contribution in [0.5, 0.6) is 0 Å². The quantitative estimate of drug-likeness (QED) is 0.796. The van der Waals surface area contributed by atoms with Crippen molar-refractivity contribution in [1.82, 2.24) is 5.32 Å². The van der Waals surface area contributed by atoms with Gasteiger partial charge in [0.2, 0.25) is 0 Å². The van der Waals surface area contributed by atoms with Gasteiger partial charge in [-0.25, -0.2) is 4.39 Å². The molecule has 14 heavy (non-hydrogen) atoms. The van der Waals surface area contributed by atoms with E-state index in [0.717, 1.165) is 24.9 Å². The molecule has 0 amide bonds. The first-order valence-corrected chi connectivity index (χ1v) is 6.10. The minimum absolute atomic E-state index is 0.00847. The monoisotopic (exact) mass is 213 g/mol. The van der Waals surface area contributed by atoms with Crippen LogP contribution >= 0.6 is 11.3 Å². The molecule has 1 saturated heterocycles. The zero-order chi connectivity index (χ0) is 10.0. The minimum Gasteiger partial charge on any atom is -0.311 e. The van der Waals surface area contributed by atoms with Gasteiger partial charge in [-0.15, -0.1) is 0 Å². The third kappa shape index (κ3) is 1.84. The molecular formula is C11H16FNS. The van der Waals surface area contributed by atoms with Crippen molar-refractivity contribution in [2.75, 3.05) is 6.54 Å². The Morgan fingerprint density at radius 3 is 3.00 bits per heavy atom. The molecule has 1 aliphatic heterocycles. The Kier molecular flexibility index (Phi) is 2.88. The van der Waals surface area contributed by atoms with Crippen molar-refractivity contribution in [3.8, 4) is 0 Å². The van der Waals surface area contributed by atoms with E-state index in [2.05, 4.69) is 5.32 Å². The molecule has 1 nitrogen and oxygen atoms in total. The zero-order valence-corrected chi connectivity index (χ0v) is 9.24. The fraction of sp³-hybridized carbons (Fsp3) is 0.636. The maximum absolute atomic E-state index is 14.5. The SMILES string of the molecule is CC(F)(c1ccsc1)C1CCCCN1. The average molecular weight is 213 g/mol. The van der Waals surface area contributed by atoms with Crippen molar-refractivity contribution in [2.24, 2.45) is 0 Å². The minimum atomic E-state index is -1.21. The molecule has 78 valence electrons. The molecule has 0 radical (unpaired) electrons. The fourth-order valence-corrected chi connectivity index (χ4v) is 2.82. The topological polar surface area (TPSA) is 12.0 Å². The first kappa shape index (κ1) is 10.1. The maximum atomic E-state index is 14.5. The average Bonchev–Trinajstić information content (AvgIpc) is 2.72. The van der Waals surface area contributed by atoms with Crippen LogP contribution in [-0.4, -0.2) is 12.6 Å². The van der Waals surface area contributed by atoms with Crippen molar-refractivity contribution in [3.63, 3.8) is 0 Å². The molecule has 0 bridgehead atoms. The van der Waals surface area contributed by atoms with E-state index in [1.807, 2.05) is 16.8 Å². The fourth-order valence-electron chi connectivity index (χ4n) is 2.06. The van der Waals surface area contributed by atoms with E-state index in [-0.39, 0.29) is 6.04 Å². The summed E-state index contributed by atoms with van der Waals surface area (Å²) in [7, 11) is 0. The summed E-state index contributed by atoms with van der Waals surface area (Å²) in [5.74, 6) is 0. The number of hydrogen-bond donors (Lipinski definition) is 1. The molecule has 2 atom stereocenters. The van der Waals surface area contributed by atoms with Gasteiger partial charge < -0.3 is 5.32 Å². The molecule has 1 aromatic rings. The molecule has 2 heterocycles. The van der Waals surface area contributed by atoms with Gasteiger partial charge in [-0.3, -0.25) is 0 Å². The number of rotatable bonds is 2. The lowest BCUT2D eigenvalue weighted by Gasteiger charge is -2.34. The summed E-state index contributed by atoms with van der Waals surface area (Å²) in [6.45, 7) is 2.65. The summed E-state index contributed by atoms with van der Waals surface area (Å²) >= 11 is 1.56. The predicted octanol–water partition coefficient (Wildman–Crippen LogP) is 3.07. The Bertz CT molecular complexity index is 275. The van der Waals surface area contributed by atoms with Crippen LogP contribution in [0, 0.1) is 0 Å². The summed E-state index contributed by atoms with van der Waals surface area (Å²) in [5.41, 5.74) is -0.387. The van der Waals surface area contributed by atoms with E-state index in [0.29, 0.717) is 0 Å². The second kappa shape index (κ2) is 3.99. The summed E-state index contributed by atoms with van der Waals surface area (Å²) in [6, 6.07) is 1.88. The molecule has 1 fully saturated rings. The molecule has 2 unspecified atom stereocenters. The van der Waals surface area contributed by atoms with Gasteiger partial charge in [-0.1, -0.05) is 6.42 Å².